The van der Waals surface area contributed by atoms with Crippen LogP contribution in [-0.4, -0.2) is 33.9 Å². The number of aromatic nitrogens is 2. The highest BCUT2D eigenvalue weighted by Crippen LogP contribution is 2.34. The molecule has 5 nitrogen and oxygen atoms in total. The maximum absolute atomic E-state index is 13.0. The zero-order chi connectivity index (χ0) is 20.4. The topological polar surface area (TPSA) is 67.2 Å². The van der Waals surface area contributed by atoms with Gasteiger partial charge in [-0.1, -0.05) is 44.2 Å². The summed E-state index contributed by atoms with van der Waals surface area (Å²) in [5.41, 5.74) is 2.81. The Morgan fingerprint density at radius 3 is 2.22 bits per heavy atom. The summed E-state index contributed by atoms with van der Waals surface area (Å²) in [4.78, 5) is 13.0. The summed E-state index contributed by atoms with van der Waals surface area (Å²) in [6, 6.07) is 10.0. The van der Waals surface area contributed by atoms with E-state index in [1.807, 2.05) is 62.7 Å². The van der Waals surface area contributed by atoms with Crippen LogP contribution in [0.1, 0.15) is 67.8 Å². The van der Waals surface area contributed by atoms with Gasteiger partial charge in [-0.25, -0.2) is 0 Å². The first-order valence-corrected chi connectivity index (χ1v) is 9.49. The molecule has 0 fully saturated rings. The molecule has 0 spiro atoms. The highest BCUT2D eigenvalue weighted by molar-refractivity contribution is 5.96. The van der Waals surface area contributed by atoms with Gasteiger partial charge in [0.05, 0.1) is 16.8 Å². The molecule has 1 aromatic carbocycles. The van der Waals surface area contributed by atoms with E-state index in [-0.39, 0.29) is 29.4 Å². The number of nitrogens with one attached hydrogen (secondary N) is 1. The van der Waals surface area contributed by atoms with Crippen molar-refractivity contribution in [1.29, 1.82) is 0 Å². The normalized spacial score (nSPS) is 13.5. The van der Waals surface area contributed by atoms with Crippen molar-refractivity contribution >= 4 is 5.91 Å². The lowest BCUT2D eigenvalue weighted by Crippen LogP contribution is -2.37. The average Bonchev–Trinajstić information content (AvgIpc) is 2.90. The number of aliphatic hydroxyl groups excluding tert-OH is 1. The Bertz CT molecular complexity index is 786. The lowest BCUT2D eigenvalue weighted by atomic mass is 9.75. The molecule has 2 rings (SSSR count). The summed E-state index contributed by atoms with van der Waals surface area (Å²) in [5, 5.41) is 17.5. The Labute approximate surface area is 162 Å². The molecule has 1 amide bonds. The van der Waals surface area contributed by atoms with Crippen LogP contribution in [0.15, 0.2) is 30.3 Å². The van der Waals surface area contributed by atoms with Crippen molar-refractivity contribution in [2.45, 2.75) is 59.9 Å². The van der Waals surface area contributed by atoms with Gasteiger partial charge in [0, 0.05) is 24.8 Å². The van der Waals surface area contributed by atoms with E-state index in [0.29, 0.717) is 12.1 Å². The molecule has 1 unspecified atom stereocenters. The van der Waals surface area contributed by atoms with Crippen molar-refractivity contribution in [2.75, 3.05) is 13.2 Å². The summed E-state index contributed by atoms with van der Waals surface area (Å²) < 4.78 is 1.91. The van der Waals surface area contributed by atoms with Gasteiger partial charge in [-0.05, 0) is 45.6 Å². The molecule has 1 atom stereocenters. The zero-order valence-corrected chi connectivity index (χ0v) is 17.6. The number of aryl methyl sites for hydroxylation is 1. The van der Waals surface area contributed by atoms with Gasteiger partial charge in [-0.2, -0.15) is 5.10 Å². The number of carbonyl (C=O) groups excluding carboxylic acids is 1. The quantitative estimate of drug-likeness (QED) is 0.812. The van der Waals surface area contributed by atoms with Crippen LogP contribution in [0.4, 0.5) is 0 Å². The molecule has 0 saturated carbocycles. The second kappa shape index (κ2) is 7.85. The molecular weight excluding hydrogens is 338 g/mol. The Morgan fingerprint density at radius 1 is 1.15 bits per heavy atom. The third-order valence-electron chi connectivity index (χ3n) is 5.17. The van der Waals surface area contributed by atoms with Crippen molar-refractivity contribution in [3.63, 3.8) is 0 Å². The number of benzene rings is 1. The van der Waals surface area contributed by atoms with Crippen LogP contribution in [0.2, 0.25) is 0 Å². The molecule has 2 aromatic rings. The molecule has 0 aliphatic rings. The van der Waals surface area contributed by atoms with Gasteiger partial charge < -0.3 is 10.4 Å². The summed E-state index contributed by atoms with van der Waals surface area (Å²) >= 11 is 0. The van der Waals surface area contributed by atoms with E-state index >= 15 is 0 Å². The molecule has 148 valence electrons. The van der Waals surface area contributed by atoms with Crippen LogP contribution in [0, 0.1) is 19.3 Å². The van der Waals surface area contributed by atoms with Gasteiger partial charge in [0.15, 0.2) is 0 Å². The number of nitrogens with zero attached hydrogens (tertiary/aromatic N) is 2. The highest BCUT2D eigenvalue weighted by atomic mass is 16.3. The van der Waals surface area contributed by atoms with E-state index < -0.39 is 0 Å². The number of hydrogen-bond donors (Lipinski definition) is 2. The fourth-order valence-corrected chi connectivity index (χ4v) is 3.55. The van der Waals surface area contributed by atoms with E-state index in [4.69, 9.17) is 0 Å². The highest BCUT2D eigenvalue weighted by Gasteiger charge is 2.31. The number of hydrogen-bond acceptors (Lipinski definition) is 3. The van der Waals surface area contributed by atoms with E-state index in [1.165, 1.54) is 0 Å². The second-order valence-corrected chi connectivity index (χ2v) is 8.95. The molecular formula is C22H33N3O2. The number of aliphatic hydroxyl groups is 1. The van der Waals surface area contributed by atoms with Gasteiger partial charge >= 0.3 is 0 Å². The molecule has 5 heteroatoms. The molecule has 0 saturated heterocycles. The monoisotopic (exact) mass is 371 g/mol. The van der Waals surface area contributed by atoms with Gasteiger partial charge in [-0.3, -0.25) is 9.48 Å². The van der Waals surface area contributed by atoms with Gasteiger partial charge in [0.1, 0.15) is 0 Å². The first kappa shape index (κ1) is 21.2. The molecule has 2 N–H and O–H groups in total. The minimum Gasteiger partial charge on any atom is -0.396 e. The molecule has 27 heavy (non-hydrogen) atoms. The molecule has 0 aliphatic carbocycles. The van der Waals surface area contributed by atoms with Crippen LogP contribution in [0.25, 0.3) is 0 Å². The van der Waals surface area contributed by atoms with Crippen molar-refractivity contribution in [2.24, 2.45) is 5.41 Å². The van der Waals surface area contributed by atoms with E-state index in [0.717, 1.165) is 17.0 Å². The van der Waals surface area contributed by atoms with Crippen molar-refractivity contribution in [3.05, 3.63) is 52.8 Å². The third-order valence-corrected chi connectivity index (χ3v) is 5.17. The van der Waals surface area contributed by atoms with Crippen LogP contribution in [0.3, 0.4) is 0 Å². The van der Waals surface area contributed by atoms with Gasteiger partial charge in [0.2, 0.25) is 0 Å². The molecule has 0 aliphatic heterocycles. The van der Waals surface area contributed by atoms with Crippen molar-refractivity contribution < 1.29 is 9.90 Å². The summed E-state index contributed by atoms with van der Waals surface area (Å²) in [6.45, 7) is 14.6. The smallest absolute Gasteiger partial charge is 0.255 e. The van der Waals surface area contributed by atoms with Crippen LogP contribution >= 0.6 is 0 Å². The van der Waals surface area contributed by atoms with E-state index in [9.17, 15) is 9.90 Å². The van der Waals surface area contributed by atoms with Crippen LogP contribution < -0.4 is 5.32 Å². The van der Waals surface area contributed by atoms with Crippen LogP contribution in [-0.2, 0) is 5.54 Å². The van der Waals surface area contributed by atoms with Crippen molar-refractivity contribution in [1.82, 2.24) is 15.1 Å². The average molecular weight is 372 g/mol. The van der Waals surface area contributed by atoms with Crippen LogP contribution in [0.5, 0.6) is 0 Å². The zero-order valence-electron chi connectivity index (χ0n) is 17.6. The fourth-order valence-electron chi connectivity index (χ4n) is 3.55. The Kier molecular flexibility index (Phi) is 6.15. The summed E-state index contributed by atoms with van der Waals surface area (Å²) in [7, 11) is 0. The molecule has 1 heterocycles. The largest absolute Gasteiger partial charge is 0.396 e. The molecule has 1 aromatic heterocycles. The number of amides is 1. The van der Waals surface area contributed by atoms with Gasteiger partial charge in [-0.15, -0.1) is 0 Å². The van der Waals surface area contributed by atoms with E-state index in [2.05, 4.69) is 31.2 Å². The fraction of sp³-hybridized carbons (Fsp3) is 0.545. The predicted molar refractivity (Wildman–Crippen MR) is 109 cm³/mol. The lowest BCUT2D eigenvalue weighted by Gasteiger charge is -2.33. The van der Waals surface area contributed by atoms with Crippen molar-refractivity contribution in [3.8, 4) is 0 Å². The molecule has 0 radical (unpaired) electrons. The third kappa shape index (κ3) is 4.59. The minimum absolute atomic E-state index is 0.00548. The Balaban J connectivity index is 2.26. The summed E-state index contributed by atoms with van der Waals surface area (Å²) in [6.07, 6.45) is 0. The SMILES string of the molecule is Cc1nn(C(C)(C)C)c(C)c1C(=O)NCC(c1ccccc1)C(C)(C)CO. The second-order valence-electron chi connectivity index (χ2n) is 8.95. The first-order chi connectivity index (χ1) is 12.5. The van der Waals surface area contributed by atoms with E-state index in [1.54, 1.807) is 0 Å². The number of rotatable bonds is 6. The maximum Gasteiger partial charge on any atom is 0.255 e. The lowest BCUT2D eigenvalue weighted by molar-refractivity contribution is 0.0918. The Morgan fingerprint density at radius 2 is 1.74 bits per heavy atom. The minimum atomic E-state index is -0.353. The Hall–Kier alpha value is -2.14. The standard InChI is InChI=1S/C22H33N3O2/c1-15-19(16(2)25(24-15)21(3,4)5)20(27)23-13-18(22(6,7)14-26)17-11-9-8-10-12-17/h8-12,18,26H,13-14H2,1-7H3,(H,23,27). The van der Waals surface area contributed by atoms with Gasteiger partial charge in [0.25, 0.3) is 5.91 Å². The summed E-state index contributed by atoms with van der Waals surface area (Å²) in [5.74, 6) is -0.110. The predicted octanol–water partition coefficient (Wildman–Crippen LogP) is 3.79. The molecule has 0 bridgehead atoms. The maximum atomic E-state index is 13.0. The first-order valence-electron chi connectivity index (χ1n) is 9.49. The number of carbonyl (C=O) groups is 1.